The fraction of sp³-hybridized carbons (Fsp3) is 1.00. The molecule has 0 atom stereocenters. The van der Waals surface area contributed by atoms with Crippen LogP contribution in [0.15, 0.2) is 0 Å². The third-order valence-corrected chi connectivity index (χ3v) is 0.724. The largest absolute Gasteiger partial charge is 0.393 e. The molecule has 50 valence electrons. The summed E-state index contributed by atoms with van der Waals surface area (Å²) in [6.45, 7) is -0.956. The van der Waals surface area contributed by atoms with Crippen LogP contribution in [0.3, 0.4) is 0 Å². The number of aliphatic hydroxyl groups is 1. The van der Waals surface area contributed by atoms with Crippen molar-refractivity contribution in [1.82, 2.24) is 0 Å². The van der Waals surface area contributed by atoms with Gasteiger partial charge in [-0.2, -0.15) is 14.0 Å². The lowest BCUT2D eigenvalue weighted by Crippen LogP contribution is -2.61. The highest BCUT2D eigenvalue weighted by Gasteiger charge is 2.14. The van der Waals surface area contributed by atoms with Crippen LogP contribution in [0.4, 0.5) is 0 Å². The molecule has 6 heteroatoms. The molecule has 0 aliphatic heterocycles. The molecule has 0 aliphatic rings. The van der Waals surface area contributed by atoms with Gasteiger partial charge in [-0.25, -0.2) is 0 Å². The van der Waals surface area contributed by atoms with E-state index in [-0.39, 0.29) is 0 Å². The smallest absolute Gasteiger partial charge is 0.226 e. The summed E-state index contributed by atoms with van der Waals surface area (Å²) in [6, 6.07) is 0. The lowest BCUT2D eigenvalue weighted by Gasteiger charge is -2.11. The van der Waals surface area contributed by atoms with Gasteiger partial charge in [0.15, 0.2) is 0 Å². The zero-order valence-corrected chi connectivity index (χ0v) is 4.63. The number of aliphatic hydroxyl groups excluding tert-OH is 1. The van der Waals surface area contributed by atoms with Crippen LogP contribution in [0.5, 0.6) is 0 Å². The van der Waals surface area contributed by atoms with Crippen LogP contribution < -0.4 is 14.0 Å². The third kappa shape index (κ3) is 6.09. The van der Waals surface area contributed by atoms with E-state index in [0.717, 1.165) is 0 Å². The van der Waals surface area contributed by atoms with E-state index in [9.17, 15) is 14.0 Å². The van der Waals surface area contributed by atoms with Crippen LogP contribution >= 0.6 is 0 Å². The Morgan fingerprint density at radius 2 is 1.88 bits per heavy atom. The standard InChI is InChI=1S/C2H5ClO5/c4-1-2-8-3(5,6)7/h4H,1-2H2. The van der Waals surface area contributed by atoms with Crippen LogP contribution in [-0.4, -0.2) is 18.3 Å². The van der Waals surface area contributed by atoms with Gasteiger partial charge in [0.05, 0.1) is 21.1 Å². The number of halogens is 1. The SMILES string of the molecule is [O-][Cl+3]([O-])([O-])OCCO. The number of hydrogen-bond donors (Lipinski definition) is 1. The fourth-order valence-corrected chi connectivity index (χ4v) is 0.387. The Morgan fingerprint density at radius 1 is 1.38 bits per heavy atom. The first-order chi connectivity index (χ1) is 3.56. The third-order valence-electron chi connectivity index (χ3n) is 0.302. The highest BCUT2D eigenvalue weighted by Crippen LogP contribution is 1.84. The normalized spacial score (nSPS) is 12.0. The summed E-state index contributed by atoms with van der Waals surface area (Å²) in [5.74, 6) is 0. The van der Waals surface area contributed by atoms with Crippen molar-refractivity contribution in [2.45, 2.75) is 0 Å². The summed E-state index contributed by atoms with van der Waals surface area (Å²) in [4.78, 5) is 0. The quantitative estimate of drug-likeness (QED) is 0.434. The van der Waals surface area contributed by atoms with Crippen LogP contribution in [-0.2, 0) is 4.29 Å². The van der Waals surface area contributed by atoms with E-state index in [1.807, 2.05) is 0 Å². The van der Waals surface area contributed by atoms with Gasteiger partial charge in [0.1, 0.15) is 0 Å². The van der Waals surface area contributed by atoms with Crippen molar-refractivity contribution < 1.29 is 33.6 Å². The lowest BCUT2D eigenvalue weighted by atomic mass is 10.8. The Kier molecular flexibility index (Phi) is 3.22. The van der Waals surface area contributed by atoms with Crippen LogP contribution in [0.2, 0.25) is 0 Å². The summed E-state index contributed by atoms with van der Waals surface area (Å²) in [5.41, 5.74) is 0. The Labute approximate surface area is 47.9 Å². The van der Waals surface area contributed by atoms with Crippen molar-refractivity contribution >= 4 is 0 Å². The molecule has 0 unspecified atom stereocenters. The fourth-order valence-electron chi connectivity index (χ4n) is 0.129. The maximum absolute atomic E-state index is 9.47. The molecule has 0 heterocycles. The van der Waals surface area contributed by atoms with E-state index < -0.39 is 23.5 Å². The Hall–Kier alpha value is 0.0900. The summed E-state index contributed by atoms with van der Waals surface area (Å²) >= 11 is 0. The Bertz CT molecular complexity index is 57.9. The first-order valence-corrected chi connectivity index (χ1v) is 2.96. The molecule has 5 nitrogen and oxygen atoms in total. The molecule has 0 rings (SSSR count). The molecule has 0 fully saturated rings. The summed E-state index contributed by atoms with van der Waals surface area (Å²) in [7, 11) is -4.35. The molecule has 0 saturated heterocycles. The van der Waals surface area contributed by atoms with E-state index in [1.54, 1.807) is 0 Å². The predicted octanol–water partition coefficient (Wildman–Crippen LogP) is -4.11. The predicted molar refractivity (Wildman–Crippen MR) is 13.0 cm³/mol. The molecule has 0 bridgehead atoms. The lowest BCUT2D eigenvalue weighted by molar-refractivity contribution is -1.92. The van der Waals surface area contributed by atoms with Gasteiger partial charge >= 0.3 is 0 Å². The van der Waals surface area contributed by atoms with Crippen molar-refractivity contribution in [2.24, 2.45) is 0 Å². The second-order valence-corrected chi connectivity index (χ2v) is 1.89. The number of rotatable bonds is 3. The Morgan fingerprint density at radius 3 is 2.00 bits per heavy atom. The molecule has 0 aromatic rings. The molecule has 0 aromatic heterocycles. The molecular weight excluding hydrogens is 139 g/mol. The van der Waals surface area contributed by atoms with Crippen molar-refractivity contribution in [3.8, 4) is 0 Å². The van der Waals surface area contributed by atoms with Crippen molar-refractivity contribution in [1.29, 1.82) is 0 Å². The second kappa shape index (κ2) is 3.18. The minimum Gasteiger partial charge on any atom is -0.393 e. The first kappa shape index (κ1) is 8.09. The molecule has 0 amide bonds. The van der Waals surface area contributed by atoms with Gasteiger partial charge in [-0.05, 0) is 0 Å². The van der Waals surface area contributed by atoms with Crippen molar-refractivity contribution in [3.05, 3.63) is 0 Å². The van der Waals surface area contributed by atoms with E-state index >= 15 is 0 Å². The van der Waals surface area contributed by atoms with Gasteiger partial charge in [-0.1, -0.05) is 0 Å². The molecule has 8 heavy (non-hydrogen) atoms. The molecule has 0 aliphatic carbocycles. The minimum atomic E-state index is -4.35. The molecule has 0 spiro atoms. The zero-order valence-electron chi connectivity index (χ0n) is 3.87. The molecule has 0 aromatic carbocycles. The minimum absolute atomic E-state index is 0.478. The maximum Gasteiger partial charge on any atom is 0.226 e. The van der Waals surface area contributed by atoms with Crippen LogP contribution in [0, 0.1) is 10.2 Å². The zero-order chi connectivity index (χ0) is 6.62. The summed E-state index contributed by atoms with van der Waals surface area (Å²) in [6.07, 6.45) is 0. The average Bonchev–Trinajstić information content (AvgIpc) is 1.59. The monoisotopic (exact) mass is 144 g/mol. The van der Waals surface area contributed by atoms with Gasteiger partial charge in [-0.3, -0.25) is 0 Å². The van der Waals surface area contributed by atoms with Gasteiger partial charge in [0.2, 0.25) is 6.61 Å². The molecule has 0 radical (unpaired) electrons. The van der Waals surface area contributed by atoms with E-state index in [0.29, 0.717) is 0 Å². The van der Waals surface area contributed by atoms with Crippen molar-refractivity contribution in [2.75, 3.05) is 13.2 Å². The van der Waals surface area contributed by atoms with E-state index in [4.69, 9.17) is 5.11 Å². The van der Waals surface area contributed by atoms with Gasteiger partial charge in [-0.15, -0.1) is 0 Å². The highest BCUT2D eigenvalue weighted by molar-refractivity contribution is 4.09. The van der Waals surface area contributed by atoms with Crippen molar-refractivity contribution in [3.63, 3.8) is 0 Å². The second-order valence-electron chi connectivity index (χ2n) is 0.915. The molecular formula is C2H5ClO5. The average molecular weight is 145 g/mol. The number of hydrogen-bond acceptors (Lipinski definition) is 5. The first-order valence-electron chi connectivity index (χ1n) is 1.72. The maximum atomic E-state index is 9.47. The molecule has 0 saturated carbocycles. The highest BCUT2D eigenvalue weighted by atomic mass is 35.7. The topological polar surface area (TPSA) is 98.6 Å². The van der Waals surface area contributed by atoms with Gasteiger partial charge in [0, 0.05) is 0 Å². The van der Waals surface area contributed by atoms with E-state index in [1.165, 1.54) is 0 Å². The van der Waals surface area contributed by atoms with Gasteiger partial charge in [0.25, 0.3) is 0 Å². The summed E-state index contributed by atoms with van der Waals surface area (Å²) < 4.78 is 31.9. The Balaban J connectivity index is 3.11. The van der Waals surface area contributed by atoms with Crippen LogP contribution in [0.1, 0.15) is 0 Å². The van der Waals surface area contributed by atoms with E-state index in [2.05, 4.69) is 4.29 Å². The van der Waals surface area contributed by atoms with Gasteiger partial charge < -0.3 is 5.11 Å². The molecule has 1 N–H and O–H groups in total. The van der Waals surface area contributed by atoms with Crippen LogP contribution in [0.25, 0.3) is 0 Å². The summed E-state index contributed by atoms with van der Waals surface area (Å²) in [5, 5.41) is 7.90.